The van der Waals surface area contributed by atoms with Gasteiger partial charge in [0.2, 0.25) is 5.91 Å². The minimum absolute atomic E-state index is 0.144. The van der Waals surface area contributed by atoms with Gasteiger partial charge in [-0.25, -0.2) is 0 Å². The quantitative estimate of drug-likeness (QED) is 0.491. The molecule has 0 saturated heterocycles. The van der Waals surface area contributed by atoms with Crippen molar-refractivity contribution in [3.8, 4) is 0 Å². The van der Waals surface area contributed by atoms with Crippen LogP contribution >= 0.6 is 0 Å². The van der Waals surface area contributed by atoms with E-state index < -0.39 is 0 Å². The second kappa shape index (κ2) is 9.93. The van der Waals surface area contributed by atoms with Gasteiger partial charge in [-0.1, -0.05) is 6.42 Å². The molecular weight excluding hydrogens is 190 g/mol. The first-order chi connectivity index (χ1) is 7.24. The van der Waals surface area contributed by atoms with E-state index in [0.717, 1.165) is 25.9 Å². The number of rotatable bonds is 9. The minimum Gasteiger partial charge on any atom is -0.356 e. The van der Waals surface area contributed by atoms with Crippen LogP contribution in [0.4, 0.5) is 0 Å². The molecule has 4 nitrogen and oxygen atoms in total. The van der Waals surface area contributed by atoms with E-state index >= 15 is 0 Å². The molecule has 0 aliphatic heterocycles. The van der Waals surface area contributed by atoms with Gasteiger partial charge in [-0.05, 0) is 40.4 Å². The highest BCUT2D eigenvalue weighted by molar-refractivity contribution is 5.76. The Morgan fingerprint density at radius 2 is 2.00 bits per heavy atom. The number of nitrogens with one attached hydrogen (secondary N) is 3. The zero-order chi connectivity index (χ0) is 11.5. The lowest BCUT2D eigenvalue weighted by Crippen LogP contribution is -2.33. The van der Waals surface area contributed by atoms with Crippen LogP contribution in [0.3, 0.4) is 0 Å². The lowest BCUT2D eigenvalue weighted by Gasteiger charge is -2.15. The summed E-state index contributed by atoms with van der Waals surface area (Å²) in [5, 5.41) is 9.13. The highest BCUT2D eigenvalue weighted by atomic mass is 16.1. The lowest BCUT2D eigenvalue weighted by molar-refractivity contribution is -0.121. The van der Waals surface area contributed by atoms with Crippen molar-refractivity contribution >= 4 is 5.91 Å². The maximum absolute atomic E-state index is 11.3. The molecule has 15 heavy (non-hydrogen) atoms. The van der Waals surface area contributed by atoms with Crippen molar-refractivity contribution in [1.82, 2.24) is 16.0 Å². The van der Waals surface area contributed by atoms with E-state index in [2.05, 4.69) is 16.0 Å². The number of unbranched alkanes of at least 4 members (excludes halogenated alkanes) is 1. The average molecular weight is 215 g/mol. The van der Waals surface area contributed by atoms with Crippen molar-refractivity contribution in [3.05, 3.63) is 0 Å². The van der Waals surface area contributed by atoms with Crippen LogP contribution < -0.4 is 16.0 Å². The second-order valence-electron chi connectivity index (χ2n) is 3.74. The fraction of sp³-hybridized carbons (Fsp3) is 0.909. The van der Waals surface area contributed by atoms with E-state index in [9.17, 15) is 4.79 Å². The topological polar surface area (TPSA) is 53.2 Å². The van der Waals surface area contributed by atoms with Crippen molar-refractivity contribution < 1.29 is 4.79 Å². The van der Waals surface area contributed by atoms with Crippen LogP contribution in [-0.4, -0.2) is 39.1 Å². The van der Waals surface area contributed by atoms with Crippen molar-refractivity contribution in [2.24, 2.45) is 0 Å². The molecule has 3 N–H and O–H groups in total. The van der Waals surface area contributed by atoms with Crippen LogP contribution in [0.25, 0.3) is 0 Å². The van der Waals surface area contributed by atoms with Gasteiger partial charge in [0.25, 0.3) is 0 Å². The summed E-state index contributed by atoms with van der Waals surface area (Å²) in [5.74, 6) is 0.144. The largest absolute Gasteiger partial charge is 0.356 e. The van der Waals surface area contributed by atoms with Crippen molar-refractivity contribution in [1.29, 1.82) is 0 Å². The van der Waals surface area contributed by atoms with Crippen LogP contribution in [0.15, 0.2) is 0 Å². The molecule has 0 spiro atoms. The molecule has 0 fully saturated rings. The number of carbonyl (C=O) groups excluding carboxylic acids is 1. The van der Waals surface area contributed by atoms with E-state index in [4.69, 9.17) is 0 Å². The first kappa shape index (κ1) is 14.4. The van der Waals surface area contributed by atoms with Crippen LogP contribution in [0.5, 0.6) is 0 Å². The van der Waals surface area contributed by atoms with Crippen LogP contribution in [0, 0.1) is 0 Å². The first-order valence-corrected chi connectivity index (χ1v) is 5.83. The number of carbonyl (C=O) groups is 1. The molecule has 0 aromatic heterocycles. The highest BCUT2D eigenvalue weighted by Gasteiger charge is 2.10. The standard InChI is InChI=1S/C11H25N3O/c1-4-14-11(15)9-10(13-3)7-5-6-8-12-2/h10,12-13H,4-9H2,1-3H3,(H,14,15). The van der Waals surface area contributed by atoms with Gasteiger partial charge in [0.1, 0.15) is 0 Å². The van der Waals surface area contributed by atoms with E-state index in [1.807, 2.05) is 21.0 Å². The summed E-state index contributed by atoms with van der Waals surface area (Å²) in [4.78, 5) is 11.3. The number of hydrogen-bond acceptors (Lipinski definition) is 3. The van der Waals surface area contributed by atoms with Gasteiger partial charge in [-0.3, -0.25) is 4.79 Å². The molecule has 0 bridgehead atoms. The SMILES string of the molecule is CCNC(=O)CC(CCCCNC)NC. The molecule has 0 aromatic carbocycles. The molecule has 4 heteroatoms. The molecule has 0 heterocycles. The zero-order valence-electron chi connectivity index (χ0n) is 10.2. The Morgan fingerprint density at radius 1 is 1.27 bits per heavy atom. The van der Waals surface area contributed by atoms with Gasteiger partial charge in [-0.2, -0.15) is 0 Å². The van der Waals surface area contributed by atoms with Gasteiger partial charge in [-0.15, -0.1) is 0 Å². The molecule has 0 radical (unpaired) electrons. The highest BCUT2D eigenvalue weighted by Crippen LogP contribution is 2.03. The minimum atomic E-state index is 0.144. The summed E-state index contributed by atoms with van der Waals surface area (Å²) >= 11 is 0. The summed E-state index contributed by atoms with van der Waals surface area (Å²) in [6.45, 7) is 3.71. The fourth-order valence-corrected chi connectivity index (χ4v) is 1.53. The number of hydrogen-bond donors (Lipinski definition) is 3. The maximum atomic E-state index is 11.3. The Balaban J connectivity index is 3.58. The third-order valence-electron chi connectivity index (χ3n) is 2.44. The zero-order valence-corrected chi connectivity index (χ0v) is 10.2. The van der Waals surface area contributed by atoms with Crippen LogP contribution in [-0.2, 0) is 4.79 Å². The smallest absolute Gasteiger partial charge is 0.221 e. The van der Waals surface area contributed by atoms with E-state index in [0.29, 0.717) is 12.5 Å². The molecule has 0 aromatic rings. The molecule has 0 aliphatic carbocycles. The Bertz CT molecular complexity index is 162. The predicted molar refractivity (Wildman–Crippen MR) is 63.9 cm³/mol. The third kappa shape index (κ3) is 8.39. The number of amides is 1. The van der Waals surface area contributed by atoms with Crippen molar-refractivity contribution in [2.75, 3.05) is 27.2 Å². The van der Waals surface area contributed by atoms with Crippen LogP contribution in [0.2, 0.25) is 0 Å². The molecule has 1 unspecified atom stereocenters. The summed E-state index contributed by atoms with van der Waals surface area (Å²) in [6.07, 6.45) is 3.98. The molecule has 90 valence electrons. The molecule has 0 aliphatic rings. The molecular formula is C11H25N3O. The van der Waals surface area contributed by atoms with E-state index in [1.165, 1.54) is 6.42 Å². The summed E-state index contributed by atoms with van der Waals surface area (Å²) in [7, 11) is 3.88. The molecule has 1 atom stereocenters. The second-order valence-corrected chi connectivity index (χ2v) is 3.74. The molecule has 0 rings (SSSR count). The Labute approximate surface area is 93.2 Å². The summed E-state index contributed by atoms with van der Waals surface area (Å²) in [6, 6.07) is 0.313. The Kier molecular flexibility index (Phi) is 9.52. The van der Waals surface area contributed by atoms with Gasteiger partial charge in [0.05, 0.1) is 0 Å². The average Bonchev–Trinajstić information content (AvgIpc) is 2.23. The normalized spacial score (nSPS) is 12.5. The van der Waals surface area contributed by atoms with E-state index in [-0.39, 0.29) is 5.91 Å². The summed E-state index contributed by atoms with van der Waals surface area (Å²) in [5.41, 5.74) is 0. The first-order valence-electron chi connectivity index (χ1n) is 5.83. The molecule has 1 amide bonds. The monoisotopic (exact) mass is 215 g/mol. The predicted octanol–water partition coefficient (Wildman–Crippen LogP) is 0.490. The van der Waals surface area contributed by atoms with Gasteiger partial charge in [0, 0.05) is 19.0 Å². The van der Waals surface area contributed by atoms with Gasteiger partial charge >= 0.3 is 0 Å². The maximum Gasteiger partial charge on any atom is 0.221 e. The Hall–Kier alpha value is -0.610. The van der Waals surface area contributed by atoms with Gasteiger partial charge < -0.3 is 16.0 Å². The summed E-state index contributed by atoms with van der Waals surface area (Å²) < 4.78 is 0. The Morgan fingerprint density at radius 3 is 2.53 bits per heavy atom. The lowest BCUT2D eigenvalue weighted by atomic mass is 10.1. The van der Waals surface area contributed by atoms with Crippen LogP contribution in [0.1, 0.15) is 32.6 Å². The molecule has 0 saturated carbocycles. The van der Waals surface area contributed by atoms with Crippen molar-refractivity contribution in [2.45, 2.75) is 38.6 Å². The van der Waals surface area contributed by atoms with E-state index in [1.54, 1.807) is 0 Å². The van der Waals surface area contributed by atoms with Gasteiger partial charge in [0.15, 0.2) is 0 Å². The third-order valence-corrected chi connectivity index (χ3v) is 2.44. The fourth-order valence-electron chi connectivity index (χ4n) is 1.53. The van der Waals surface area contributed by atoms with Crippen molar-refractivity contribution in [3.63, 3.8) is 0 Å².